The maximum atomic E-state index is 12.7. The molecule has 2 aromatic carbocycles. The van der Waals surface area contributed by atoms with Crippen molar-refractivity contribution in [1.82, 2.24) is 0 Å². The highest BCUT2D eigenvalue weighted by atomic mass is 16.1. The van der Waals surface area contributed by atoms with Crippen LogP contribution in [0.3, 0.4) is 0 Å². The van der Waals surface area contributed by atoms with E-state index < -0.39 is 0 Å². The number of benzene rings is 2. The van der Waals surface area contributed by atoms with Crippen molar-refractivity contribution in [3.63, 3.8) is 0 Å². The lowest BCUT2D eigenvalue weighted by Crippen LogP contribution is -2.15. The molecule has 0 bridgehead atoms. The molecule has 104 valence electrons. The van der Waals surface area contributed by atoms with E-state index in [1.165, 1.54) is 0 Å². The SMILES string of the molecule is CN(C)c1cccc(C(=O)c2ccccc2N(C)C)c1. The summed E-state index contributed by atoms with van der Waals surface area (Å²) in [6.07, 6.45) is 0. The molecule has 0 aromatic heterocycles. The number of para-hydroxylation sites is 1. The van der Waals surface area contributed by atoms with E-state index in [2.05, 4.69) is 0 Å². The van der Waals surface area contributed by atoms with Crippen LogP contribution in [0.25, 0.3) is 0 Å². The fourth-order valence-corrected chi connectivity index (χ4v) is 2.14. The van der Waals surface area contributed by atoms with E-state index in [9.17, 15) is 4.79 Å². The molecular formula is C17H20N2O. The zero-order chi connectivity index (χ0) is 14.7. The molecule has 3 nitrogen and oxygen atoms in total. The Morgan fingerprint density at radius 2 is 1.55 bits per heavy atom. The van der Waals surface area contributed by atoms with Gasteiger partial charge in [0.2, 0.25) is 0 Å². The Balaban J connectivity index is 2.44. The molecular weight excluding hydrogens is 248 g/mol. The summed E-state index contributed by atoms with van der Waals surface area (Å²) in [5, 5.41) is 0. The van der Waals surface area contributed by atoms with Crippen LogP contribution in [-0.2, 0) is 0 Å². The molecule has 0 aliphatic heterocycles. The van der Waals surface area contributed by atoms with Gasteiger partial charge >= 0.3 is 0 Å². The monoisotopic (exact) mass is 268 g/mol. The fraction of sp³-hybridized carbons (Fsp3) is 0.235. The first-order chi connectivity index (χ1) is 9.50. The lowest BCUT2D eigenvalue weighted by Gasteiger charge is -2.17. The summed E-state index contributed by atoms with van der Waals surface area (Å²) in [5.74, 6) is 0.0537. The highest BCUT2D eigenvalue weighted by Crippen LogP contribution is 2.23. The van der Waals surface area contributed by atoms with Gasteiger partial charge in [0.1, 0.15) is 0 Å². The van der Waals surface area contributed by atoms with Crippen LogP contribution in [0.4, 0.5) is 11.4 Å². The topological polar surface area (TPSA) is 23.6 Å². The van der Waals surface area contributed by atoms with Gasteiger partial charge in [-0.15, -0.1) is 0 Å². The molecule has 0 aliphatic rings. The third kappa shape index (κ3) is 2.82. The number of carbonyl (C=O) groups excluding carboxylic acids is 1. The fourth-order valence-electron chi connectivity index (χ4n) is 2.14. The van der Waals surface area contributed by atoms with E-state index in [0.29, 0.717) is 5.56 Å². The molecule has 0 saturated carbocycles. The minimum Gasteiger partial charge on any atom is -0.378 e. The Bertz CT molecular complexity index is 618. The number of hydrogen-bond acceptors (Lipinski definition) is 3. The molecule has 20 heavy (non-hydrogen) atoms. The summed E-state index contributed by atoms with van der Waals surface area (Å²) in [5.41, 5.74) is 3.41. The van der Waals surface area contributed by atoms with Crippen LogP contribution < -0.4 is 9.80 Å². The Morgan fingerprint density at radius 1 is 0.850 bits per heavy atom. The summed E-state index contributed by atoms with van der Waals surface area (Å²) < 4.78 is 0. The van der Waals surface area contributed by atoms with E-state index in [0.717, 1.165) is 16.9 Å². The molecule has 3 heteroatoms. The zero-order valence-electron chi connectivity index (χ0n) is 12.4. The van der Waals surface area contributed by atoms with Crippen LogP contribution in [0, 0.1) is 0 Å². The van der Waals surface area contributed by atoms with Gasteiger partial charge in [-0.3, -0.25) is 4.79 Å². The molecule has 0 N–H and O–H groups in total. The Hall–Kier alpha value is -2.29. The smallest absolute Gasteiger partial charge is 0.195 e. The first-order valence-corrected chi connectivity index (χ1v) is 6.59. The molecule has 0 fully saturated rings. The summed E-state index contributed by atoms with van der Waals surface area (Å²) in [6.45, 7) is 0. The molecule has 0 atom stereocenters. The van der Waals surface area contributed by atoms with Crippen LogP contribution in [0.2, 0.25) is 0 Å². The van der Waals surface area contributed by atoms with Gasteiger partial charge in [-0.05, 0) is 24.3 Å². The summed E-state index contributed by atoms with van der Waals surface area (Å²) in [6, 6.07) is 15.4. The number of nitrogens with zero attached hydrogens (tertiary/aromatic N) is 2. The van der Waals surface area contributed by atoms with E-state index in [4.69, 9.17) is 0 Å². The Kier molecular flexibility index (Phi) is 4.08. The molecule has 0 aliphatic carbocycles. The molecule has 0 saturated heterocycles. The summed E-state index contributed by atoms with van der Waals surface area (Å²) >= 11 is 0. The number of anilines is 2. The third-order valence-electron chi connectivity index (χ3n) is 3.26. The first kappa shape index (κ1) is 14.1. The van der Waals surface area contributed by atoms with Gasteiger partial charge in [-0.2, -0.15) is 0 Å². The Morgan fingerprint density at radius 3 is 2.20 bits per heavy atom. The van der Waals surface area contributed by atoms with Gasteiger partial charge < -0.3 is 9.80 Å². The lowest BCUT2D eigenvalue weighted by molar-refractivity contribution is 0.103. The standard InChI is InChI=1S/C17H20N2O/c1-18(2)14-9-7-8-13(12-14)17(20)15-10-5-6-11-16(15)19(3)4/h5-12H,1-4H3. The van der Waals surface area contributed by atoms with Crippen LogP contribution in [0.5, 0.6) is 0 Å². The van der Waals surface area contributed by atoms with E-state index >= 15 is 0 Å². The minimum absolute atomic E-state index is 0.0537. The number of carbonyl (C=O) groups is 1. The van der Waals surface area contributed by atoms with Gasteiger partial charge in [0.05, 0.1) is 0 Å². The van der Waals surface area contributed by atoms with Gasteiger partial charge in [-0.25, -0.2) is 0 Å². The molecule has 0 spiro atoms. The van der Waals surface area contributed by atoms with Gasteiger partial charge in [0.25, 0.3) is 0 Å². The Labute approximate surface area is 120 Å². The number of ketones is 1. The quantitative estimate of drug-likeness (QED) is 0.796. The zero-order valence-corrected chi connectivity index (χ0v) is 12.4. The maximum absolute atomic E-state index is 12.7. The van der Waals surface area contributed by atoms with Crippen molar-refractivity contribution in [2.45, 2.75) is 0 Å². The van der Waals surface area contributed by atoms with Crippen molar-refractivity contribution in [3.05, 3.63) is 59.7 Å². The second kappa shape index (κ2) is 5.78. The van der Waals surface area contributed by atoms with Crippen molar-refractivity contribution in [2.75, 3.05) is 38.0 Å². The van der Waals surface area contributed by atoms with Crippen LogP contribution >= 0.6 is 0 Å². The molecule has 2 aromatic rings. The molecule has 0 radical (unpaired) electrons. The normalized spacial score (nSPS) is 10.2. The van der Waals surface area contributed by atoms with Gasteiger partial charge in [0.15, 0.2) is 5.78 Å². The number of rotatable bonds is 4. The summed E-state index contributed by atoms with van der Waals surface area (Å²) in [4.78, 5) is 16.7. The van der Waals surface area contributed by atoms with Crippen LogP contribution in [0.1, 0.15) is 15.9 Å². The van der Waals surface area contributed by atoms with E-state index in [1.807, 2.05) is 86.5 Å². The average Bonchev–Trinajstić information content (AvgIpc) is 2.46. The molecule has 0 heterocycles. The van der Waals surface area contributed by atoms with E-state index in [1.54, 1.807) is 0 Å². The maximum Gasteiger partial charge on any atom is 0.195 e. The molecule has 2 rings (SSSR count). The van der Waals surface area contributed by atoms with Gasteiger partial charge in [-0.1, -0.05) is 24.3 Å². The summed E-state index contributed by atoms with van der Waals surface area (Å²) in [7, 11) is 7.83. The predicted octanol–water partition coefficient (Wildman–Crippen LogP) is 3.05. The van der Waals surface area contributed by atoms with Crippen molar-refractivity contribution < 1.29 is 4.79 Å². The van der Waals surface area contributed by atoms with Crippen molar-refractivity contribution in [2.24, 2.45) is 0 Å². The third-order valence-corrected chi connectivity index (χ3v) is 3.26. The van der Waals surface area contributed by atoms with Gasteiger partial charge in [0, 0.05) is 50.7 Å². The van der Waals surface area contributed by atoms with E-state index in [-0.39, 0.29) is 5.78 Å². The van der Waals surface area contributed by atoms with Crippen LogP contribution in [-0.4, -0.2) is 34.0 Å². The first-order valence-electron chi connectivity index (χ1n) is 6.59. The number of hydrogen-bond donors (Lipinski definition) is 0. The second-order valence-electron chi connectivity index (χ2n) is 5.19. The molecule has 0 unspecified atom stereocenters. The average molecular weight is 268 g/mol. The predicted molar refractivity (Wildman–Crippen MR) is 85.0 cm³/mol. The van der Waals surface area contributed by atoms with Crippen LogP contribution in [0.15, 0.2) is 48.5 Å². The largest absolute Gasteiger partial charge is 0.378 e. The highest BCUT2D eigenvalue weighted by molar-refractivity contribution is 6.12. The second-order valence-corrected chi connectivity index (χ2v) is 5.19. The van der Waals surface area contributed by atoms with Crippen molar-refractivity contribution >= 4 is 17.2 Å². The highest BCUT2D eigenvalue weighted by Gasteiger charge is 2.14. The van der Waals surface area contributed by atoms with Crippen molar-refractivity contribution in [1.29, 1.82) is 0 Å². The lowest BCUT2D eigenvalue weighted by atomic mass is 10.0. The molecule has 0 amide bonds. The minimum atomic E-state index is 0.0537. The van der Waals surface area contributed by atoms with Crippen molar-refractivity contribution in [3.8, 4) is 0 Å².